The van der Waals surface area contributed by atoms with Crippen LogP contribution in [0.2, 0.25) is 0 Å². The molecule has 0 aliphatic heterocycles. The maximum absolute atomic E-state index is 11.2. The van der Waals surface area contributed by atoms with Gasteiger partial charge in [-0.2, -0.15) is 0 Å². The summed E-state index contributed by atoms with van der Waals surface area (Å²) in [6.45, 7) is 3.58. The van der Waals surface area contributed by atoms with Gasteiger partial charge in [-0.15, -0.1) is 0 Å². The van der Waals surface area contributed by atoms with Gasteiger partial charge in [0.2, 0.25) is 0 Å². The van der Waals surface area contributed by atoms with Crippen LogP contribution >= 0.6 is 15.9 Å². The summed E-state index contributed by atoms with van der Waals surface area (Å²) in [4.78, 5) is 11.2. The van der Waals surface area contributed by atoms with E-state index >= 15 is 0 Å². The Morgan fingerprint density at radius 3 is 2.73 bits per heavy atom. The summed E-state index contributed by atoms with van der Waals surface area (Å²) in [6.07, 6.45) is 0.890. The molecular formula is C12H11BrO2. The monoisotopic (exact) mass is 266 g/mol. The zero-order chi connectivity index (χ0) is 11.0. The third-order valence-electron chi connectivity index (χ3n) is 2.39. The number of rotatable bonds is 2. The van der Waals surface area contributed by atoms with Crippen LogP contribution in [-0.4, -0.2) is 5.78 Å². The molecule has 2 nitrogen and oxygen atoms in total. The lowest BCUT2D eigenvalue weighted by molar-refractivity contribution is 0.0989. The largest absolute Gasteiger partial charge is 0.453 e. The van der Waals surface area contributed by atoms with Gasteiger partial charge in [-0.3, -0.25) is 4.79 Å². The zero-order valence-electron chi connectivity index (χ0n) is 8.63. The van der Waals surface area contributed by atoms with Gasteiger partial charge in [-0.05, 0) is 30.2 Å². The lowest BCUT2D eigenvalue weighted by Crippen LogP contribution is -1.85. The molecule has 78 valence electrons. The number of ketones is 1. The number of carbonyl (C=O) groups excluding carboxylic acids is 1. The molecule has 0 aliphatic rings. The van der Waals surface area contributed by atoms with E-state index in [1.165, 1.54) is 6.92 Å². The molecule has 0 bridgehead atoms. The number of fused-ring (bicyclic) bond motifs is 1. The summed E-state index contributed by atoms with van der Waals surface area (Å²) < 4.78 is 6.55. The van der Waals surface area contributed by atoms with Gasteiger partial charge >= 0.3 is 0 Å². The van der Waals surface area contributed by atoms with E-state index in [9.17, 15) is 4.79 Å². The number of halogens is 1. The number of hydrogen-bond donors (Lipinski definition) is 0. The second-order valence-electron chi connectivity index (χ2n) is 3.50. The van der Waals surface area contributed by atoms with Crippen molar-refractivity contribution in [3.8, 4) is 0 Å². The smallest absolute Gasteiger partial charge is 0.194 e. The van der Waals surface area contributed by atoms with E-state index < -0.39 is 0 Å². The van der Waals surface area contributed by atoms with Crippen LogP contribution in [0.4, 0.5) is 0 Å². The van der Waals surface area contributed by atoms with E-state index in [0.717, 1.165) is 27.4 Å². The van der Waals surface area contributed by atoms with E-state index in [0.29, 0.717) is 5.76 Å². The van der Waals surface area contributed by atoms with E-state index in [1.54, 1.807) is 6.07 Å². The first-order valence-electron chi connectivity index (χ1n) is 4.84. The molecule has 0 saturated heterocycles. The summed E-state index contributed by atoms with van der Waals surface area (Å²) in [6, 6.07) is 5.78. The molecule has 0 unspecified atom stereocenters. The van der Waals surface area contributed by atoms with Crippen LogP contribution in [0.1, 0.15) is 30.0 Å². The average molecular weight is 267 g/mol. The van der Waals surface area contributed by atoms with Crippen LogP contribution in [0.3, 0.4) is 0 Å². The highest BCUT2D eigenvalue weighted by molar-refractivity contribution is 9.10. The maximum Gasteiger partial charge on any atom is 0.194 e. The van der Waals surface area contributed by atoms with Crippen molar-refractivity contribution in [1.82, 2.24) is 0 Å². The highest BCUT2D eigenvalue weighted by Gasteiger charge is 2.11. The van der Waals surface area contributed by atoms with Gasteiger partial charge in [0.25, 0.3) is 0 Å². The van der Waals surface area contributed by atoms with Crippen LogP contribution in [0, 0.1) is 0 Å². The molecule has 1 aromatic carbocycles. The number of benzene rings is 1. The van der Waals surface area contributed by atoms with Crippen molar-refractivity contribution in [2.24, 2.45) is 0 Å². The summed E-state index contributed by atoms with van der Waals surface area (Å²) in [5, 5.41) is 0.978. The molecule has 1 aromatic heterocycles. The molecule has 3 heteroatoms. The second kappa shape index (κ2) is 3.81. The van der Waals surface area contributed by atoms with Gasteiger partial charge in [-0.25, -0.2) is 0 Å². The summed E-state index contributed by atoms with van der Waals surface area (Å²) in [5.74, 6) is 0.391. The summed E-state index contributed by atoms with van der Waals surface area (Å²) in [5.41, 5.74) is 1.94. The third kappa shape index (κ3) is 1.84. The SMILES string of the molecule is CCc1cc(Br)cc2cc(C(C)=O)oc12. The molecule has 0 saturated carbocycles. The highest BCUT2D eigenvalue weighted by Crippen LogP contribution is 2.27. The summed E-state index contributed by atoms with van der Waals surface area (Å²) >= 11 is 3.44. The van der Waals surface area contributed by atoms with Crippen LogP contribution in [0.25, 0.3) is 11.0 Å². The topological polar surface area (TPSA) is 30.2 Å². The van der Waals surface area contributed by atoms with Crippen molar-refractivity contribution < 1.29 is 9.21 Å². The van der Waals surface area contributed by atoms with Gasteiger partial charge in [0.05, 0.1) is 0 Å². The molecular weight excluding hydrogens is 256 g/mol. The van der Waals surface area contributed by atoms with Gasteiger partial charge in [0.1, 0.15) is 5.58 Å². The molecule has 0 N–H and O–H groups in total. The van der Waals surface area contributed by atoms with Crippen LogP contribution < -0.4 is 0 Å². The lowest BCUT2D eigenvalue weighted by Gasteiger charge is -1.98. The standard InChI is InChI=1S/C12H11BrO2/c1-3-8-4-10(13)5-9-6-11(7(2)14)15-12(8)9/h4-6H,3H2,1-2H3. The predicted molar refractivity (Wildman–Crippen MR) is 63.3 cm³/mol. The molecule has 1 heterocycles. The van der Waals surface area contributed by atoms with Crippen LogP contribution in [0.15, 0.2) is 27.1 Å². The van der Waals surface area contributed by atoms with Gasteiger partial charge in [0.15, 0.2) is 11.5 Å². The first-order chi connectivity index (χ1) is 7.11. The molecule has 2 aromatic rings. The summed E-state index contributed by atoms with van der Waals surface area (Å²) in [7, 11) is 0. The Hall–Kier alpha value is -1.09. The third-order valence-corrected chi connectivity index (χ3v) is 2.84. The predicted octanol–water partition coefficient (Wildman–Crippen LogP) is 3.96. The lowest BCUT2D eigenvalue weighted by atomic mass is 10.1. The van der Waals surface area contributed by atoms with Crippen molar-refractivity contribution in [3.05, 3.63) is 34.0 Å². The van der Waals surface area contributed by atoms with Crippen molar-refractivity contribution in [3.63, 3.8) is 0 Å². The zero-order valence-corrected chi connectivity index (χ0v) is 10.2. The normalized spacial score (nSPS) is 10.9. The Balaban J connectivity index is 2.74. The van der Waals surface area contributed by atoms with Crippen LogP contribution in [0.5, 0.6) is 0 Å². The second-order valence-corrected chi connectivity index (χ2v) is 4.42. The minimum Gasteiger partial charge on any atom is -0.453 e. The van der Waals surface area contributed by atoms with Crippen LogP contribution in [-0.2, 0) is 6.42 Å². The Morgan fingerprint density at radius 2 is 2.13 bits per heavy atom. The van der Waals surface area contributed by atoms with Crippen molar-refractivity contribution in [2.45, 2.75) is 20.3 Å². The fraction of sp³-hybridized carbons (Fsp3) is 0.250. The fourth-order valence-electron chi connectivity index (χ4n) is 1.62. The van der Waals surface area contributed by atoms with Gasteiger partial charge < -0.3 is 4.42 Å². The number of furan rings is 1. The minimum absolute atomic E-state index is 0.0376. The molecule has 2 rings (SSSR count). The van der Waals surface area contributed by atoms with E-state index in [4.69, 9.17) is 4.42 Å². The van der Waals surface area contributed by atoms with Crippen molar-refractivity contribution in [2.75, 3.05) is 0 Å². The fourth-order valence-corrected chi connectivity index (χ4v) is 2.14. The van der Waals surface area contributed by atoms with E-state index in [1.807, 2.05) is 12.1 Å². The maximum atomic E-state index is 11.2. The first kappa shape index (κ1) is 10.4. The quantitative estimate of drug-likeness (QED) is 0.771. The minimum atomic E-state index is -0.0376. The molecule has 0 amide bonds. The van der Waals surface area contributed by atoms with E-state index in [-0.39, 0.29) is 5.78 Å². The van der Waals surface area contributed by atoms with E-state index in [2.05, 4.69) is 22.9 Å². The van der Waals surface area contributed by atoms with Gasteiger partial charge in [-0.1, -0.05) is 22.9 Å². The van der Waals surface area contributed by atoms with Crippen molar-refractivity contribution in [1.29, 1.82) is 0 Å². The number of carbonyl (C=O) groups is 1. The van der Waals surface area contributed by atoms with Gasteiger partial charge in [0, 0.05) is 16.8 Å². The molecule has 0 spiro atoms. The Kier molecular flexibility index (Phi) is 2.65. The number of Topliss-reactive ketones (excluding diaryl/α,β-unsaturated/α-hetero) is 1. The average Bonchev–Trinajstić information content (AvgIpc) is 2.59. The Labute approximate surface area is 96.4 Å². The Morgan fingerprint density at radius 1 is 1.40 bits per heavy atom. The molecule has 0 radical (unpaired) electrons. The van der Waals surface area contributed by atoms with Crippen molar-refractivity contribution >= 4 is 32.7 Å². The first-order valence-corrected chi connectivity index (χ1v) is 5.64. The Bertz CT molecular complexity index is 526. The molecule has 15 heavy (non-hydrogen) atoms. The molecule has 0 aliphatic carbocycles. The number of aryl methyl sites for hydroxylation is 1. The molecule has 0 fully saturated rings. The number of hydrogen-bond acceptors (Lipinski definition) is 2. The molecule has 0 atom stereocenters. The highest BCUT2D eigenvalue weighted by atomic mass is 79.9.